The maximum atomic E-state index is 5.77. The molecule has 2 aromatic rings. The monoisotopic (exact) mass is 228 g/mol. The normalized spacial score (nSPS) is 10.1. The van der Waals surface area contributed by atoms with Gasteiger partial charge in [0.1, 0.15) is 5.75 Å². The molecule has 1 aromatic carbocycles. The number of halogens is 2. The zero-order chi connectivity index (χ0) is 9.97. The molecule has 0 spiro atoms. The van der Waals surface area contributed by atoms with Gasteiger partial charge in [0.05, 0.1) is 0 Å². The van der Waals surface area contributed by atoms with E-state index in [0.29, 0.717) is 21.7 Å². The van der Waals surface area contributed by atoms with Crippen molar-refractivity contribution in [2.75, 3.05) is 0 Å². The summed E-state index contributed by atoms with van der Waals surface area (Å²) in [6.07, 6.45) is 3.59. The molecule has 1 aromatic heterocycles. The minimum Gasteiger partial charge on any atom is -0.437 e. The van der Waals surface area contributed by atoms with Gasteiger partial charge in [0.15, 0.2) is 6.26 Å². The predicted molar refractivity (Wildman–Crippen MR) is 51.9 cm³/mol. The second-order valence-corrected chi connectivity index (χ2v) is 3.36. The Morgan fingerprint density at radius 2 is 1.93 bits per heavy atom. The van der Waals surface area contributed by atoms with Gasteiger partial charge >= 0.3 is 0 Å². The van der Waals surface area contributed by atoms with Crippen LogP contribution < -0.4 is 4.74 Å². The third-order valence-electron chi connectivity index (χ3n) is 1.43. The van der Waals surface area contributed by atoms with Crippen molar-refractivity contribution >= 4 is 23.2 Å². The second kappa shape index (κ2) is 3.90. The lowest BCUT2D eigenvalue weighted by molar-refractivity contribution is 0.457. The lowest BCUT2D eigenvalue weighted by atomic mass is 10.3. The van der Waals surface area contributed by atoms with Crippen molar-refractivity contribution in [2.24, 2.45) is 0 Å². The van der Waals surface area contributed by atoms with Gasteiger partial charge < -0.3 is 9.15 Å². The van der Waals surface area contributed by atoms with E-state index in [1.165, 1.54) is 6.26 Å². The van der Waals surface area contributed by atoms with Crippen molar-refractivity contribution in [3.63, 3.8) is 0 Å². The standard InChI is InChI=1S/C9H4Cl2NO2/c10-6-1-7(11)3-8(2-6)14-9-4-13-5-12-9/h1-4H. The molecule has 1 radical (unpaired) electrons. The van der Waals surface area contributed by atoms with Crippen molar-refractivity contribution in [1.82, 2.24) is 4.98 Å². The first-order valence-electron chi connectivity index (χ1n) is 3.69. The quantitative estimate of drug-likeness (QED) is 0.789. The van der Waals surface area contributed by atoms with Gasteiger partial charge in [-0.2, -0.15) is 4.98 Å². The van der Waals surface area contributed by atoms with E-state index in [0.717, 1.165) is 0 Å². The summed E-state index contributed by atoms with van der Waals surface area (Å²) in [5, 5.41) is 1.000. The Hall–Kier alpha value is -1.19. The summed E-state index contributed by atoms with van der Waals surface area (Å²) >= 11 is 11.5. The van der Waals surface area contributed by atoms with Crippen LogP contribution in [-0.2, 0) is 0 Å². The number of aromatic nitrogens is 1. The van der Waals surface area contributed by atoms with Crippen LogP contribution >= 0.6 is 23.2 Å². The molecule has 3 nitrogen and oxygen atoms in total. The molecule has 0 amide bonds. The van der Waals surface area contributed by atoms with Crippen LogP contribution in [0.3, 0.4) is 0 Å². The number of ether oxygens (including phenoxy) is 1. The van der Waals surface area contributed by atoms with Gasteiger partial charge in [0, 0.05) is 10.0 Å². The third-order valence-corrected chi connectivity index (χ3v) is 1.86. The molecule has 0 aliphatic rings. The van der Waals surface area contributed by atoms with E-state index >= 15 is 0 Å². The first kappa shape index (κ1) is 9.37. The molecule has 14 heavy (non-hydrogen) atoms. The lowest BCUT2D eigenvalue weighted by Gasteiger charge is -2.02. The van der Waals surface area contributed by atoms with Crippen molar-refractivity contribution in [2.45, 2.75) is 0 Å². The van der Waals surface area contributed by atoms with Crippen LogP contribution in [0.2, 0.25) is 10.0 Å². The minimum atomic E-state index is 0.309. The fourth-order valence-electron chi connectivity index (χ4n) is 0.930. The molecule has 0 aliphatic carbocycles. The van der Waals surface area contributed by atoms with Crippen LogP contribution in [0.5, 0.6) is 11.6 Å². The Balaban J connectivity index is 2.25. The van der Waals surface area contributed by atoms with Gasteiger partial charge in [0.2, 0.25) is 0 Å². The van der Waals surface area contributed by atoms with E-state index in [1.54, 1.807) is 18.2 Å². The fourth-order valence-corrected chi connectivity index (χ4v) is 1.44. The highest BCUT2D eigenvalue weighted by molar-refractivity contribution is 6.34. The van der Waals surface area contributed by atoms with E-state index in [2.05, 4.69) is 15.8 Å². The summed E-state index contributed by atoms with van der Waals surface area (Å²) < 4.78 is 9.90. The second-order valence-electron chi connectivity index (χ2n) is 2.48. The number of hydrogen-bond donors (Lipinski definition) is 0. The average Bonchev–Trinajstić information content (AvgIpc) is 2.54. The van der Waals surface area contributed by atoms with Crippen molar-refractivity contribution < 1.29 is 9.15 Å². The van der Waals surface area contributed by atoms with Crippen LogP contribution in [0.25, 0.3) is 0 Å². The minimum absolute atomic E-state index is 0.309. The van der Waals surface area contributed by atoms with E-state index in [1.807, 2.05) is 0 Å². The van der Waals surface area contributed by atoms with Gasteiger partial charge in [-0.05, 0) is 18.2 Å². The van der Waals surface area contributed by atoms with Crippen LogP contribution in [0, 0.1) is 6.39 Å². The van der Waals surface area contributed by atoms with E-state index in [9.17, 15) is 0 Å². The van der Waals surface area contributed by atoms with Gasteiger partial charge in [0.25, 0.3) is 12.3 Å². The van der Waals surface area contributed by atoms with Crippen LogP contribution in [0.1, 0.15) is 0 Å². The van der Waals surface area contributed by atoms with Gasteiger partial charge in [-0.3, -0.25) is 0 Å². The number of oxazole rings is 1. The van der Waals surface area contributed by atoms with Crippen molar-refractivity contribution in [3.8, 4) is 11.6 Å². The molecular formula is C9H4Cl2NO2. The molecule has 0 aliphatic heterocycles. The highest BCUT2D eigenvalue weighted by atomic mass is 35.5. The third kappa shape index (κ3) is 2.19. The summed E-state index contributed by atoms with van der Waals surface area (Å²) in [7, 11) is 0. The molecule has 0 N–H and O–H groups in total. The average molecular weight is 229 g/mol. The zero-order valence-corrected chi connectivity index (χ0v) is 8.34. The lowest BCUT2D eigenvalue weighted by Crippen LogP contribution is -1.83. The van der Waals surface area contributed by atoms with E-state index < -0.39 is 0 Å². The molecule has 0 atom stereocenters. The van der Waals surface area contributed by atoms with Crippen molar-refractivity contribution in [3.05, 3.63) is 40.9 Å². The molecule has 71 valence electrons. The van der Waals surface area contributed by atoms with Gasteiger partial charge in [-0.25, -0.2) is 0 Å². The molecule has 0 saturated heterocycles. The van der Waals surface area contributed by atoms with Gasteiger partial charge in [-0.1, -0.05) is 23.2 Å². The fraction of sp³-hybridized carbons (Fsp3) is 0. The summed E-state index contributed by atoms with van der Waals surface area (Å²) in [5.41, 5.74) is 0. The number of rotatable bonds is 2. The Morgan fingerprint density at radius 3 is 2.50 bits per heavy atom. The van der Waals surface area contributed by atoms with Gasteiger partial charge in [-0.15, -0.1) is 0 Å². The summed E-state index contributed by atoms with van der Waals surface area (Å²) in [6.45, 7) is 0. The SMILES string of the molecule is Clc1cc(Cl)cc(Oc2co[c]n2)c1. The summed E-state index contributed by atoms with van der Waals surface area (Å²) in [4.78, 5) is 3.67. The Labute approximate surface area is 90.2 Å². The van der Waals surface area contributed by atoms with Crippen LogP contribution in [0.4, 0.5) is 0 Å². The highest BCUT2D eigenvalue weighted by Gasteiger charge is 2.02. The topological polar surface area (TPSA) is 35.3 Å². The summed E-state index contributed by atoms with van der Waals surface area (Å²) in [6, 6.07) is 4.87. The van der Waals surface area contributed by atoms with Crippen molar-refractivity contribution in [1.29, 1.82) is 0 Å². The molecule has 1 heterocycles. The number of hydrogen-bond acceptors (Lipinski definition) is 3. The Bertz CT molecular complexity index is 408. The Kier molecular flexibility index (Phi) is 2.61. The highest BCUT2D eigenvalue weighted by Crippen LogP contribution is 2.27. The van der Waals surface area contributed by atoms with E-state index in [-0.39, 0.29) is 0 Å². The smallest absolute Gasteiger partial charge is 0.287 e. The van der Waals surface area contributed by atoms with Crippen LogP contribution in [0.15, 0.2) is 28.9 Å². The van der Waals surface area contributed by atoms with Crippen LogP contribution in [-0.4, -0.2) is 4.98 Å². The summed E-state index contributed by atoms with van der Waals surface area (Å²) in [5.74, 6) is 0.813. The first-order valence-corrected chi connectivity index (χ1v) is 4.45. The predicted octanol–water partition coefficient (Wildman–Crippen LogP) is 3.57. The molecule has 5 heteroatoms. The maximum Gasteiger partial charge on any atom is 0.287 e. The molecular weight excluding hydrogens is 225 g/mol. The molecule has 0 fully saturated rings. The molecule has 0 unspecified atom stereocenters. The number of benzene rings is 1. The maximum absolute atomic E-state index is 5.77. The van der Waals surface area contributed by atoms with E-state index in [4.69, 9.17) is 27.9 Å². The largest absolute Gasteiger partial charge is 0.437 e. The first-order chi connectivity index (χ1) is 6.74. The molecule has 2 rings (SSSR count). The molecule has 0 saturated carbocycles. The Morgan fingerprint density at radius 1 is 1.21 bits per heavy atom. The molecule has 0 bridgehead atoms. The zero-order valence-electron chi connectivity index (χ0n) is 6.83. The number of nitrogens with zero attached hydrogens (tertiary/aromatic N) is 1.